The van der Waals surface area contributed by atoms with Crippen molar-refractivity contribution in [2.75, 3.05) is 7.11 Å². The van der Waals surface area contributed by atoms with Crippen molar-refractivity contribution in [2.45, 2.75) is 18.0 Å². The van der Waals surface area contributed by atoms with Gasteiger partial charge in [-0.3, -0.25) is 4.79 Å². The molecule has 0 aliphatic heterocycles. The van der Waals surface area contributed by atoms with Gasteiger partial charge in [0, 0.05) is 22.8 Å². The lowest BCUT2D eigenvalue weighted by Crippen LogP contribution is -2.39. The summed E-state index contributed by atoms with van der Waals surface area (Å²) in [5.41, 5.74) is 8.88. The fourth-order valence-corrected chi connectivity index (χ4v) is 4.85. The third-order valence-electron chi connectivity index (χ3n) is 5.74. The van der Waals surface area contributed by atoms with Gasteiger partial charge in [-0.1, -0.05) is 89.9 Å². The summed E-state index contributed by atoms with van der Waals surface area (Å²) in [7, 11) is 1.32. The first kappa shape index (κ1) is 23.1. The van der Waals surface area contributed by atoms with Gasteiger partial charge in [0.25, 0.3) is 0 Å². The van der Waals surface area contributed by atoms with Crippen molar-refractivity contribution in [1.82, 2.24) is 9.55 Å². The van der Waals surface area contributed by atoms with E-state index in [1.165, 1.54) is 7.11 Å². The molecule has 33 heavy (non-hydrogen) atoms. The number of nitrogens with zero attached hydrogens (tertiary/aromatic N) is 2. The quantitative estimate of drug-likeness (QED) is 0.296. The molecule has 168 valence electrons. The summed E-state index contributed by atoms with van der Waals surface area (Å²) in [6.45, 7) is 0.189. The van der Waals surface area contributed by atoms with Crippen LogP contribution in [0.25, 0.3) is 0 Å². The summed E-state index contributed by atoms with van der Waals surface area (Å²) in [5.74, 6) is -0.496. The van der Waals surface area contributed by atoms with Crippen LogP contribution in [0, 0.1) is 0 Å². The van der Waals surface area contributed by atoms with Gasteiger partial charge in [-0.15, -0.1) is 0 Å². The third kappa shape index (κ3) is 4.27. The van der Waals surface area contributed by atoms with E-state index in [1.807, 2.05) is 53.1 Å². The van der Waals surface area contributed by atoms with E-state index in [4.69, 9.17) is 33.7 Å². The highest BCUT2D eigenvalue weighted by Gasteiger charge is 2.42. The number of carbonyl (C=O) groups excluding carboxylic acids is 1. The highest BCUT2D eigenvalue weighted by atomic mass is 35.5. The lowest BCUT2D eigenvalue weighted by Gasteiger charge is -2.37. The number of nitrogens with two attached hydrogens (primary N) is 1. The summed E-state index contributed by atoms with van der Waals surface area (Å²) >= 11 is 13.1. The average molecular weight is 480 g/mol. The van der Waals surface area contributed by atoms with Crippen LogP contribution in [0.2, 0.25) is 10.0 Å². The number of esters is 1. The SMILES string of the molecule is COC(=O)C(N)Cn1cncc1C(c1ccccc1)(c1ccccc1)c1ccc(Cl)cc1Cl. The van der Waals surface area contributed by atoms with Gasteiger partial charge >= 0.3 is 5.97 Å². The van der Waals surface area contributed by atoms with Crippen LogP contribution >= 0.6 is 23.2 Å². The Hall–Kier alpha value is -3.12. The van der Waals surface area contributed by atoms with E-state index in [9.17, 15) is 4.79 Å². The van der Waals surface area contributed by atoms with Crippen LogP contribution in [0.1, 0.15) is 22.4 Å². The average Bonchev–Trinajstić information content (AvgIpc) is 3.30. The standard InChI is InChI=1S/C26H23Cl2N3O2/c1-33-25(32)23(29)16-31-17-30-15-24(31)26(18-8-4-2-5-9-18,19-10-6-3-7-11-19)21-13-12-20(27)14-22(21)28/h2-15,17,23H,16,29H2,1H3. The van der Waals surface area contributed by atoms with Gasteiger partial charge in [0.1, 0.15) is 6.04 Å². The molecule has 1 unspecified atom stereocenters. The smallest absolute Gasteiger partial charge is 0.324 e. The lowest BCUT2D eigenvalue weighted by molar-refractivity contribution is -0.142. The van der Waals surface area contributed by atoms with Crippen LogP contribution in [-0.4, -0.2) is 28.7 Å². The van der Waals surface area contributed by atoms with Crippen molar-refractivity contribution in [3.8, 4) is 0 Å². The normalized spacial score (nSPS) is 12.4. The topological polar surface area (TPSA) is 70.1 Å². The van der Waals surface area contributed by atoms with Crippen molar-refractivity contribution in [1.29, 1.82) is 0 Å². The van der Waals surface area contributed by atoms with E-state index in [-0.39, 0.29) is 6.54 Å². The number of hydrogen-bond donors (Lipinski definition) is 1. The van der Waals surface area contributed by atoms with Crippen LogP contribution in [0.5, 0.6) is 0 Å². The van der Waals surface area contributed by atoms with Crippen LogP contribution in [0.3, 0.4) is 0 Å². The van der Waals surface area contributed by atoms with E-state index in [2.05, 4.69) is 29.2 Å². The Balaban J connectivity index is 2.07. The van der Waals surface area contributed by atoms with E-state index < -0.39 is 17.4 Å². The molecule has 3 aromatic carbocycles. The van der Waals surface area contributed by atoms with E-state index in [1.54, 1.807) is 18.6 Å². The second kappa shape index (κ2) is 9.79. The monoisotopic (exact) mass is 479 g/mol. The van der Waals surface area contributed by atoms with E-state index in [0.29, 0.717) is 10.0 Å². The van der Waals surface area contributed by atoms with E-state index >= 15 is 0 Å². The van der Waals surface area contributed by atoms with Crippen LogP contribution in [0.15, 0.2) is 91.4 Å². The largest absolute Gasteiger partial charge is 0.468 e. The highest BCUT2D eigenvalue weighted by molar-refractivity contribution is 6.35. The minimum atomic E-state index is -0.854. The fraction of sp³-hybridized carbons (Fsp3) is 0.154. The summed E-state index contributed by atoms with van der Waals surface area (Å²) in [5, 5.41) is 1.06. The second-order valence-electron chi connectivity index (χ2n) is 7.67. The summed E-state index contributed by atoms with van der Waals surface area (Å²) in [6, 6.07) is 24.7. The minimum absolute atomic E-state index is 0.189. The Morgan fingerprint density at radius 1 is 1.03 bits per heavy atom. The number of rotatable bonds is 7. The van der Waals surface area contributed by atoms with Crippen LogP contribution in [-0.2, 0) is 21.5 Å². The maximum atomic E-state index is 12.1. The van der Waals surface area contributed by atoms with Gasteiger partial charge in [-0.2, -0.15) is 0 Å². The van der Waals surface area contributed by atoms with Crippen LogP contribution < -0.4 is 5.73 Å². The molecule has 7 heteroatoms. The first-order valence-corrected chi connectivity index (χ1v) is 11.1. The van der Waals surface area contributed by atoms with Crippen molar-refractivity contribution in [3.05, 3.63) is 124 Å². The van der Waals surface area contributed by atoms with Crippen molar-refractivity contribution in [3.63, 3.8) is 0 Å². The van der Waals surface area contributed by atoms with Gasteiger partial charge in [-0.05, 0) is 28.8 Å². The Labute approximate surface area is 202 Å². The van der Waals surface area contributed by atoms with Crippen molar-refractivity contribution >= 4 is 29.2 Å². The number of hydrogen-bond acceptors (Lipinski definition) is 4. The lowest BCUT2D eigenvalue weighted by atomic mass is 9.67. The molecule has 4 rings (SSSR count). The van der Waals surface area contributed by atoms with Crippen molar-refractivity contribution < 1.29 is 9.53 Å². The number of benzene rings is 3. The number of carbonyl (C=O) groups is 1. The van der Waals surface area contributed by atoms with Crippen molar-refractivity contribution in [2.24, 2.45) is 5.73 Å². The highest BCUT2D eigenvalue weighted by Crippen LogP contribution is 2.47. The molecule has 0 fully saturated rings. The zero-order valence-electron chi connectivity index (χ0n) is 18.0. The number of ether oxygens (including phenoxy) is 1. The first-order valence-electron chi connectivity index (χ1n) is 10.4. The molecule has 0 amide bonds. The molecule has 0 aliphatic rings. The first-order chi connectivity index (χ1) is 16.0. The molecule has 0 aliphatic carbocycles. The minimum Gasteiger partial charge on any atom is -0.468 e. The molecule has 5 nitrogen and oxygen atoms in total. The van der Waals surface area contributed by atoms with Gasteiger partial charge in [0.2, 0.25) is 0 Å². The molecular weight excluding hydrogens is 457 g/mol. The Morgan fingerprint density at radius 3 is 2.18 bits per heavy atom. The number of halogens is 2. The fourth-order valence-electron chi connectivity index (χ4n) is 4.30. The molecule has 1 atom stereocenters. The molecule has 0 saturated carbocycles. The third-order valence-corrected chi connectivity index (χ3v) is 6.29. The summed E-state index contributed by atoms with van der Waals surface area (Å²) in [6.07, 6.45) is 3.46. The maximum absolute atomic E-state index is 12.1. The van der Waals surface area contributed by atoms with E-state index in [0.717, 1.165) is 22.4 Å². The molecule has 0 spiro atoms. The molecular formula is C26H23Cl2N3O2. The zero-order valence-corrected chi connectivity index (χ0v) is 19.5. The van der Waals surface area contributed by atoms with Crippen LogP contribution in [0.4, 0.5) is 0 Å². The van der Waals surface area contributed by atoms with Gasteiger partial charge in [-0.25, -0.2) is 4.98 Å². The predicted molar refractivity (Wildman–Crippen MR) is 131 cm³/mol. The predicted octanol–water partition coefficient (Wildman–Crippen LogP) is 5.07. The van der Waals surface area contributed by atoms with Gasteiger partial charge in [0.15, 0.2) is 0 Å². The molecule has 1 aromatic heterocycles. The Morgan fingerprint density at radius 2 is 1.64 bits per heavy atom. The molecule has 0 radical (unpaired) electrons. The number of methoxy groups -OCH3 is 1. The second-order valence-corrected chi connectivity index (χ2v) is 8.51. The summed E-state index contributed by atoms with van der Waals surface area (Å²) < 4.78 is 6.72. The van der Waals surface area contributed by atoms with Gasteiger partial charge < -0.3 is 15.0 Å². The Kier molecular flexibility index (Phi) is 6.84. The molecule has 0 saturated heterocycles. The molecule has 0 bridgehead atoms. The molecule has 4 aromatic rings. The summed E-state index contributed by atoms with van der Waals surface area (Å²) in [4.78, 5) is 16.5. The molecule has 1 heterocycles. The zero-order chi connectivity index (χ0) is 23.4. The number of aromatic nitrogens is 2. The van der Waals surface area contributed by atoms with Gasteiger partial charge in [0.05, 0.1) is 24.5 Å². The number of imidazole rings is 1. The molecule has 2 N–H and O–H groups in total. The maximum Gasteiger partial charge on any atom is 0.324 e. The Bertz CT molecular complexity index is 1200.